The molecule has 0 aromatic heterocycles. The van der Waals surface area contributed by atoms with Gasteiger partial charge in [-0.3, -0.25) is 4.79 Å². The van der Waals surface area contributed by atoms with Crippen LogP contribution in [-0.2, 0) is 16.1 Å². The highest BCUT2D eigenvalue weighted by molar-refractivity contribution is 6.15. The third kappa shape index (κ3) is 6.33. The van der Waals surface area contributed by atoms with Crippen LogP contribution in [0.4, 0.5) is 0 Å². The molecule has 0 aliphatic rings. The molecule has 6 nitrogen and oxygen atoms in total. The summed E-state index contributed by atoms with van der Waals surface area (Å²) >= 11 is 0. The van der Waals surface area contributed by atoms with Gasteiger partial charge in [-0.2, -0.15) is 0 Å². The van der Waals surface area contributed by atoms with Gasteiger partial charge in [0.15, 0.2) is 5.78 Å². The first-order valence-corrected chi connectivity index (χ1v) is 10.2. The van der Waals surface area contributed by atoms with E-state index in [0.717, 1.165) is 5.56 Å². The van der Waals surface area contributed by atoms with E-state index in [1.54, 1.807) is 67.8 Å². The Hall–Kier alpha value is -4.32. The molecular weight excluding hydrogens is 420 g/mol. The van der Waals surface area contributed by atoms with Crippen molar-refractivity contribution in [2.45, 2.75) is 6.61 Å². The van der Waals surface area contributed by atoms with Gasteiger partial charge in [-0.15, -0.1) is 0 Å². The number of carboxylic acid groups (broad SMARTS) is 1. The van der Waals surface area contributed by atoms with Gasteiger partial charge in [0.25, 0.3) is 0 Å². The van der Waals surface area contributed by atoms with E-state index in [9.17, 15) is 14.7 Å². The van der Waals surface area contributed by atoms with Gasteiger partial charge in [0, 0.05) is 5.56 Å². The second-order valence-corrected chi connectivity index (χ2v) is 7.02. The van der Waals surface area contributed by atoms with Crippen molar-refractivity contribution >= 4 is 23.4 Å². The average Bonchev–Trinajstić information content (AvgIpc) is 2.85. The van der Waals surface area contributed by atoms with Crippen LogP contribution in [0.1, 0.15) is 27.0 Å². The Bertz CT molecular complexity index is 1190. The van der Waals surface area contributed by atoms with Gasteiger partial charge in [0.1, 0.15) is 23.7 Å². The zero-order valence-corrected chi connectivity index (χ0v) is 18.4. The molecule has 3 rings (SSSR count). The number of hydrogen-bond donors (Lipinski definition) is 1. The standard InChI is InChI=1S/C27H24O6/c1-31-18-25(27(29)30)24-12-4-3-8-21(24)17-33-23-11-5-7-19(15-23)13-14-26(28)20-9-6-10-22(16-20)32-2/h3-16,18H,17H2,1-2H3,(H,29,30). The number of ether oxygens (including phenoxy) is 3. The van der Waals surface area contributed by atoms with Crippen molar-refractivity contribution in [1.29, 1.82) is 0 Å². The van der Waals surface area contributed by atoms with Crippen LogP contribution in [-0.4, -0.2) is 31.1 Å². The van der Waals surface area contributed by atoms with Crippen molar-refractivity contribution < 1.29 is 28.9 Å². The van der Waals surface area contributed by atoms with Gasteiger partial charge in [0.05, 0.1) is 20.5 Å². The number of rotatable bonds is 10. The van der Waals surface area contributed by atoms with Crippen molar-refractivity contribution in [3.8, 4) is 11.5 Å². The number of aliphatic carboxylic acids is 1. The SMILES string of the molecule is COC=C(C(=O)O)c1ccccc1COc1cccc(C=CC(=O)c2cccc(OC)c2)c1. The molecular formula is C27H24O6. The zero-order chi connectivity index (χ0) is 23.6. The maximum Gasteiger partial charge on any atom is 0.339 e. The highest BCUT2D eigenvalue weighted by Crippen LogP contribution is 2.23. The number of methoxy groups -OCH3 is 2. The van der Waals surface area contributed by atoms with Crippen LogP contribution in [0.5, 0.6) is 11.5 Å². The Kier molecular flexibility index (Phi) is 8.02. The van der Waals surface area contributed by atoms with Gasteiger partial charge < -0.3 is 19.3 Å². The molecule has 0 saturated carbocycles. The summed E-state index contributed by atoms with van der Waals surface area (Å²) in [4.78, 5) is 24.0. The third-order valence-electron chi connectivity index (χ3n) is 4.81. The fraction of sp³-hybridized carbons (Fsp3) is 0.111. The first-order chi connectivity index (χ1) is 16.0. The fourth-order valence-corrected chi connectivity index (χ4v) is 3.17. The van der Waals surface area contributed by atoms with E-state index in [4.69, 9.17) is 14.2 Å². The third-order valence-corrected chi connectivity index (χ3v) is 4.81. The second-order valence-electron chi connectivity index (χ2n) is 7.02. The van der Waals surface area contributed by atoms with Crippen molar-refractivity contribution in [3.05, 3.63) is 107 Å². The first kappa shape index (κ1) is 23.3. The normalized spacial score (nSPS) is 11.3. The van der Waals surface area contributed by atoms with E-state index in [0.29, 0.717) is 28.2 Å². The molecule has 0 aliphatic carbocycles. The number of benzene rings is 3. The maximum absolute atomic E-state index is 12.5. The topological polar surface area (TPSA) is 82.1 Å². The predicted molar refractivity (Wildman–Crippen MR) is 126 cm³/mol. The van der Waals surface area contributed by atoms with E-state index < -0.39 is 5.97 Å². The van der Waals surface area contributed by atoms with Gasteiger partial charge in [-0.05, 0) is 47.0 Å². The minimum Gasteiger partial charge on any atom is -0.503 e. The van der Waals surface area contributed by atoms with E-state index in [-0.39, 0.29) is 18.0 Å². The average molecular weight is 444 g/mol. The summed E-state index contributed by atoms with van der Waals surface area (Å²) in [6.07, 6.45) is 4.41. The predicted octanol–water partition coefficient (Wildman–Crippen LogP) is 5.24. The molecule has 6 heteroatoms. The molecule has 0 saturated heterocycles. The molecule has 0 atom stereocenters. The Morgan fingerprint density at radius 3 is 2.42 bits per heavy atom. The van der Waals surface area contributed by atoms with Crippen LogP contribution in [0.25, 0.3) is 11.6 Å². The fourth-order valence-electron chi connectivity index (χ4n) is 3.17. The molecule has 0 fully saturated rings. The monoisotopic (exact) mass is 444 g/mol. The van der Waals surface area contributed by atoms with Crippen LogP contribution in [0.3, 0.4) is 0 Å². The summed E-state index contributed by atoms with van der Waals surface area (Å²) in [5, 5.41) is 9.49. The Balaban J connectivity index is 1.73. The van der Waals surface area contributed by atoms with Gasteiger partial charge in [-0.1, -0.05) is 54.6 Å². The smallest absolute Gasteiger partial charge is 0.339 e. The van der Waals surface area contributed by atoms with Crippen LogP contribution in [0.2, 0.25) is 0 Å². The second kappa shape index (κ2) is 11.3. The summed E-state index contributed by atoms with van der Waals surface area (Å²) in [6.45, 7) is 0.167. The molecule has 33 heavy (non-hydrogen) atoms. The van der Waals surface area contributed by atoms with Crippen molar-refractivity contribution in [2.75, 3.05) is 14.2 Å². The molecule has 0 aliphatic heterocycles. The summed E-state index contributed by atoms with van der Waals surface area (Å²) in [5.41, 5.74) is 2.60. The molecule has 0 spiro atoms. The minimum atomic E-state index is -1.09. The minimum absolute atomic E-state index is 0.0458. The summed E-state index contributed by atoms with van der Waals surface area (Å²) in [5.74, 6) is -0.0119. The van der Waals surface area contributed by atoms with E-state index in [2.05, 4.69) is 0 Å². The number of allylic oxidation sites excluding steroid dienone is 1. The Labute approximate surface area is 192 Å². The van der Waals surface area contributed by atoms with Gasteiger partial charge in [0.2, 0.25) is 0 Å². The number of ketones is 1. The number of carboxylic acids is 1. The van der Waals surface area contributed by atoms with E-state index in [1.807, 2.05) is 18.2 Å². The van der Waals surface area contributed by atoms with Crippen LogP contribution < -0.4 is 9.47 Å². The quantitative estimate of drug-likeness (QED) is 0.262. The van der Waals surface area contributed by atoms with Gasteiger partial charge in [-0.25, -0.2) is 4.79 Å². The molecule has 0 radical (unpaired) electrons. The number of carbonyl (C=O) groups is 2. The highest BCUT2D eigenvalue weighted by Gasteiger charge is 2.15. The largest absolute Gasteiger partial charge is 0.503 e. The molecule has 1 N–H and O–H groups in total. The molecule has 3 aromatic rings. The van der Waals surface area contributed by atoms with Crippen molar-refractivity contribution in [2.24, 2.45) is 0 Å². The molecule has 3 aromatic carbocycles. The Morgan fingerprint density at radius 2 is 1.67 bits per heavy atom. The van der Waals surface area contributed by atoms with Crippen molar-refractivity contribution in [3.63, 3.8) is 0 Å². The number of carbonyl (C=O) groups excluding carboxylic acids is 1. The molecule has 168 valence electrons. The van der Waals surface area contributed by atoms with Crippen LogP contribution in [0, 0.1) is 0 Å². The molecule has 0 heterocycles. The van der Waals surface area contributed by atoms with Crippen LogP contribution in [0.15, 0.2) is 85.1 Å². The lowest BCUT2D eigenvalue weighted by atomic mass is 10.0. The molecule has 0 amide bonds. The molecule has 0 unspecified atom stereocenters. The lowest BCUT2D eigenvalue weighted by Crippen LogP contribution is -2.06. The zero-order valence-electron chi connectivity index (χ0n) is 18.4. The maximum atomic E-state index is 12.5. The van der Waals surface area contributed by atoms with E-state index >= 15 is 0 Å². The first-order valence-electron chi connectivity index (χ1n) is 10.2. The van der Waals surface area contributed by atoms with Gasteiger partial charge >= 0.3 is 5.97 Å². The van der Waals surface area contributed by atoms with Crippen LogP contribution >= 0.6 is 0 Å². The molecule has 0 bridgehead atoms. The number of hydrogen-bond acceptors (Lipinski definition) is 5. The summed E-state index contributed by atoms with van der Waals surface area (Å²) in [7, 11) is 2.96. The van der Waals surface area contributed by atoms with E-state index in [1.165, 1.54) is 19.4 Å². The Morgan fingerprint density at radius 1 is 0.909 bits per heavy atom. The van der Waals surface area contributed by atoms with Crippen molar-refractivity contribution in [1.82, 2.24) is 0 Å². The summed E-state index contributed by atoms with van der Waals surface area (Å²) in [6, 6.07) is 21.3. The highest BCUT2D eigenvalue weighted by atomic mass is 16.5. The lowest BCUT2D eigenvalue weighted by Gasteiger charge is -2.12. The summed E-state index contributed by atoms with van der Waals surface area (Å²) < 4.78 is 16.0. The lowest BCUT2D eigenvalue weighted by molar-refractivity contribution is -0.130.